The molecule has 0 bridgehead atoms. The molecule has 2 rings (SSSR count). The van der Waals surface area contributed by atoms with Crippen LogP contribution in [0.15, 0.2) is 0 Å². The first-order valence-corrected chi connectivity index (χ1v) is 7.20. The molecule has 2 aliphatic rings. The Morgan fingerprint density at radius 3 is 2.71 bits per heavy atom. The second kappa shape index (κ2) is 4.76. The van der Waals surface area contributed by atoms with E-state index in [1.165, 1.54) is 0 Å². The second-order valence-corrected chi connectivity index (χ2v) is 6.48. The highest BCUT2D eigenvalue weighted by molar-refractivity contribution is 9.09. The van der Waals surface area contributed by atoms with Gasteiger partial charge in [-0.2, -0.15) is 0 Å². The van der Waals surface area contributed by atoms with E-state index < -0.39 is 5.60 Å². The minimum absolute atomic E-state index is 0.199. The van der Waals surface area contributed by atoms with Gasteiger partial charge in [-0.25, -0.2) is 4.79 Å². The first-order chi connectivity index (χ1) is 7.89. The van der Waals surface area contributed by atoms with Gasteiger partial charge in [-0.3, -0.25) is 0 Å². The lowest BCUT2D eigenvalue weighted by Gasteiger charge is -2.25. The molecule has 2 fully saturated rings. The van der Waals surface area contributed by atoms with Crippen LogP contribution in [0.25, 0.3) is 0 Å². The maximum Gasteiger partial charge on any atom is 0.410 e. The molecule has 5 heteroatoms. The molecule has 0 N–H and O–H groups in total. The van der Waals surface area contributed by atoms with E-state index in [-0.39, 0.29) is 12.2 Å². The first kappa shape index (κ1) is 13.1. The number of alkyl halides is 1. The van der Waals surface area contributed by atoms with E-state index in [4.69, 9.17) is 9.47 Å². The maximum atomic E-state index is 11.9. The predicted molar refractivity (Wildman–Crippen MR) is 68.4 cm³/mol. The van der Waals surface area contributed by atoms with Crippen LogP contribution in [-0.2, 0) is 9.47 Å². The zero-order valence-electron chi connectivity index (χ0n) is 10.6. The molecule has 0 aromatic heterocycles. The van der Waals surface area contributed by atoms with E-state index in [0.717, 1.165) is 18.3 Å². The van der Waals surface area contributed by atoms with Crippen LogP contribution in [-0.4, -0.2) is 47.2 Å². The van der Waals surface area contributed by atoms with Crippen molar-refractivity contribution in [1.29, 1.82) is 0 Å². The predicted octanol–water partition coefficient (Wildman–Crippen LogP) is 2.41. The molecule has 4 nitrogen and oxygen atoms in total. The van der Waals surface area contributed by atoms with Crippen molar-refractivity contribution in [3.8, 4) is 0 Å². The number of halogens is 1. The molecule has 2 saturated heterocycles. The Kier molecular flexibility index (Phi) is 3.69. The van der Waals surface area contributed by atoms with Crippen molar-refractivity contribution in [2.24, 2.45) is 5.92 Å². The molecule has 3 unspecified atom stereocenters. The zero-order valence-corrected chi connectivity index (χ0v) is 12.2. The van der Waals surface area contributed by atoms with E-state index >= 15 is 0 Å². The topological polar surface area (TPSA) is 38.8 Å². The number of nitrogens with zero attached hydrogens (tertiary/aromatic N) is 1. The Hall–Kier alpha value is -0.290. The summed E-state index contributed by atoms with van der Waals surface area (Å²) in [5.74, 6) is 0.477. The summed E-state index contributed by atoms with van der Waals surface area (Å²) in [5.41, 5.74) is -0.423. The number of ether oxygens (including phenoxy) is 2. The summed E-state index contributed by atoms with van der Waals surface area (Å²) < 4.78 is 11.2. The molecule has 3 atom stereocenters. The van der Waals surface area contributed by atoms with Crippen molar-refractivity contribution >= 4 is 22.0 Å². The number of fused-ring (bicyclic) bond motifs is 1. The third-order valence-electron chi connectivity index (χ3n) is 3.14. The van der Waals surface area contributed by atoms with E-state index in [2.05, 4.69) is 15.9 Å². The number of rotatable bonds is 1. The lowest BCUT2D eigenvalue weighted by Crippen LogP contribution is -2.36. The zero-order chi connectivity index (χ0) is 12.6. The first-order valence-electron chi connectivity index (χ1n) is 6.08. The van der Waals surface area contributed by atoms with Gasteiger partial charge in [-0.15, -0.1) is 0 Å². The highest BCUT2D eigenvalue weighted by Gasteiger charge is 2.43. The number of carbonyl (C=O) groups excluding carboxylic acids is 1. The molecule has 0 aliphatic carbocycles. The Bertz CT molecular complexity index is 289. The van der Waals surface area contributed by atoms with Crippen LogP contribution in [0.5, 0.6) is 0 Å². The minimum Gasteiger partial charge on any atom is -0.444 e. The Balaban J connectivity index is 1.86. The van der Waals surface area contributed by atoms with Gasteiger partial charge in [-0.05, 0) is 27.2 Å². The van der Waals surface area contributed by atoms with E-state index in [0.29, 0.717) is 18.6 Å². The summed E-state index contributed by atoms with van der Waals surface area (Å²) in [6.07, 6.45) is 1.33. The molecule has 98 valence electrons. The van der Waals surface area contributed by atoms with Gasteiger partial charge >= 0.3 is 6.09 Å². The fraction of sp³-hybridized carbons (Fsp3) is 0.917. The third kappa shape index (κ3) is 3.13. The van der Waals surface area contributed by atoms with Crippen LogP contribution >= 0.6 is 15.9 Å². The van der Waals surface area contributed by atoms with Gasteiger partial charge < -0.3 is 14.4 Å². The monoisotopic (exact) mass is 305 g/mol. The third-order valence-corrected chi connectivity index (χ3v) is 3.86. The average Bonchev–Trinajstić information content (AvgIpc) is 2.70. The fourth-order valence-electron chi connectivity index (χ4n) is 2.44. The van der Waals surface area contributed by atoms with Crippen molar-refractivity contribution in [1.82, 2.24) is 4.90 Å². The summed E-state index contributed by atoms with van der Waals surface area (Å²) in [6, 6.07) is 0. The summed E-state index contributed by atoms with van der Waals surface area (Å²) in [6.45, 7) is 7.10. The van der Waals surface area contributed by atoms with Crippen molar-refractivity contribution in [2.75, 3.05) is 18.4 Å². The van der Waals surface area contributed by atoms with Crippen LogP contribution in [0.1, 0.15) is 27.2 Å². The molecule has 0 aromatic carbocycles. The Labute approximate surface area is 111 Å². The van der Waals surface area contributed by atoms with Crippen LogP contribution in [0.2, 0.25) is 0 Å². The lowest BCUT2D eigenvalue weighted by atomic mass is 10.0. The molecular weight excluding hydrogens is 286 g/mol. The summed E-state index contributed by atoms with van der Waals surface area (Å²) in [5, 5.41) is 0.881. The average molecular weight is 306 g/mol. The largest absolute Gasteiger partial charge is 0.444 e. The SMILES string of the molecule is CC(C)(C)OC(=O)N1CC2CC(CBr)OC2C1. The number of likely N-dealkylation sites (tertiary alicyclic amines) is 1. The number of hydrogen-bond acceptors (Lipinski definition) is 3. The smallest absolute Gasteiger partial charge is 0.410 e. The normalized spacial score (nSPS) is 32.7. The molecule has 0 saturated carbocycles. The van der Waals surface area contributed by atoms with Crippen LogP contribution in [0, 0.1) is 5.92 Å². The number of carbonyl (C=O) groups is 1. The molecule has 17 heavy (non-hydrogen) atoms. The van der Waals surface area contributed by atoms with Crippen LogP contribution in [0.4, 0.5) is 4.79 Å². The minimum atomic E-state index is -0.423. The van der Waals surface area contributed by atoms with Gasteiger partial charge in [0.25, 0.3) is 0 Å². The van der Waals surface area contributed by atoms with E-state index in [1.807, 2.05) is 20.8 Å². The molecule has 0 aromatic rings. The summed E-state index contributed by atoms with van der Waals surface area (Å²) >= 11 is 3.44. The van der Waals surface area contributed by atoms with E-state index in [1.54, 1.807) is 4.90 Å². The molecule has 2 aliphatic heterocycles. The molecule has 1 amide bonds. The van der Waals surface area contributed by atoms with Crippen molar-refractivity contribution in [3.63, 3.8) is 0 Å². The number of hydrogen-bond donors (Lipinski definition) is 0. The Morgan fingerprint density at radius 1 is 1.47 bits per heavy atom. The highest BCUT2D eigenvalue weighted by Crippen LogP contribution is 2.34. The van der Waals surface area contributed by atoms with Crippen LogP contribution in [0.3, 0.4) is 0 Å². The highest BCUT2D eigenvalue weighted by atomic mass is 79.9. The molecular formula is C12H20BrNO3. The maximum absolute atomic E-state index is 11.9. The quantitative estimate of drug-likeness (QED) is 0.698. The Morgan fingerprint density at radius 2 is 2.18 bits per heavy atom. The van der Waals surface area contributed by atoms with Gasteiger partial charge in [0, 0.05) is 17.8 Å². The van der Waals surface area contributed by atoms with Crippen LogP contribution < -0.4 is 0 Å². The standard InChI is InChI=1S/C12H20BrNO3/c1-12(2,3)17-11(15)14-6-8-4-9(5-13)16-10(8)7-14/h8-10H,4-7H2,1-3H3. The molecule has 0 radical (unpaired) electrons. The van der Waals surface area contributed by atoms with Gasteiger partial charge in [0.1, 0.15) is 5.60 Å². The van der Waals surface area contributed by atoms with Crippen molar-refractivity contribution in [3.05, 3.63) is 0 Å². The van der Waals surface area contributed by atoms with Gasteiger partial charge in [0.2, 0.25) is 0 Å². The van der Waals surface area contributed by atoms with Crippen molar-refractivity contribution < 1.29 is 14.3 Å². The summed E-state index contributed by atoms with van der Waals surface area (Å²) in [4.78, 5) is 13.7. The van der Waals surface area contributed by atoms with Crippen molar-refractivity contribution in [2.45, 2.75) is 45.0 Å². The van der Waals surface area contributed by atoms with Gasteiger partial charge in [0.15, 0.2) is 0 Å². The second-order valence-electron chi connectivity index (χ2n) is 5.83. The lowest BCUT2D eigenvalue weighted by molar-refractivity contribution is 0.0170. The summed E-state index contributed by atoms with van der Waals surface area (Å²) in [7, 11) is 0. The molecule has 0 spiro atoms. The van der Waals surface area contributed by atoms with E-state index in [9.17, 15) is 4.79 Å². The van der Waals surface area contributed by atoms with Gasteiger partial charge in [0.05, 0.1) is 18.8 Å². The molecule has 2 heterocycles. The van der Waals surface area contributed by atoms with Gasteiger partial charge in [-0.1, -0.05) is 15.9 Å². The number of amides is 1. The fourth-order valence-corrected chi connectivity index (χ4v) is 2.85.